The lowest BCUT2D eigenvalue weighted by molar-refractivity contribution is 0.0966. The van der Waals surface area contributed by atoms with Crippen LogP contribution in [0.5, 0.6) is 0 Å². The predicted octanol–water partition coefficient (Wildman–Crippen LogP) is 4.29. The van der Waals surface area contributed by atoms with Crippen molar-refractivity contribution in [2.45, 2.75) is 59.5 Å². The Kier molecular flexibility index (Phi) is 5.53. The van der Waals surface area contributed by atoms with Crippen LogP contribution in [0.4, 0.5) is 21.5 Å². The van der Waals surface area contributed by atoms with Crippen LogP contribution in [0.15, 0.2) is 45.0 Å². The second kappa shape index (κ2) is 8.04. The van der Waals surface area contributed by atoms with E-state index < -0.39 is 22.6 Å². The highest BCUT2D eigenvalue weighted by Crippen LogP contribution is 2.35. The summed E-state index contributed by atoms with van der Waals surface area (Å²) in [5, 5.41) is 8.85. The van der Waals surface area contributed by atoms with Crippen LogP contribution in [-0.2, 0) is 6.54 Å². The lowest BCUT2D eigenvalue weighted by atomic mass is 9.80. The van der Waals surface area contributed by atoms with Crippen LogP contribution in [0.1, 0.15) is 62.9 Å². The number of amides is 1. The highest BCUT2D eigenvalue weighted by atomic mass is 19.1. The number of carbonyl (C=O) groups is 1. The largest absolute Gasteiger partial charge is 0.373 e. The van der Waals surface area contributed by atoms with Crippen molar-refractivity contribution in [3.05, 3.63) is 72.8 Å². The van der Waals surface area contributed by atoms with Crippen LogP contribution in [0, 0.1) is 11.2 Å². The third-order valence-corrected chi connectivity index (χ3v) is 6.22. The first-order valence-corrected chi connectivity index (χ1v) is 10.9. The van der Waals surface area contributed by atoms with Gasteiger partial charge in [0, 0.05) is 12.1 Å². The van der Waals surface area contributed by atoms with Crippen LogP contribution >= 0.6 is 0 Å². The van der Waals surface area contributed by atoms with Gasteiger partial charge in [-0.05, 0) is 49.3 Å². The molecule has 1 atom stereocenters. The van der Waals surface area contributed by atoms with Gasteiger partial charge in [-0.3, -0.25) is 14.4 Å². The molecule has 1 amide bonds. The van der Waals surface area contributed by atoms with E-state index in [1.54, 1.807) is 0 Å². The SMILES string of the molecule is CC1=CC=C([C@H](Nc2c(Nc3ccc(F)c4c3C(=O)NC4)c(=O)c2=O)C(C)(C)C)CCC1. The van der Waals surface area contributed by atoms with Gasteiger partial charge in [0.05, 0.1) is 17.3 Å². The Morgan fingerprint density at radius 1 is 1.03 bits per heavy atom. The average molecular weight is 438 g/mol. The predicted molar refractivity (Wildman–Crippen MR) is 125 cm³/mol. The van der Waals surface area contributed by atoms with Crippen molar-refractivity contribution in [1.82, 2.24) is 5.32 Å². The number of allylic oxidation sites excluding steroid dienone is 3. The molecule has 6 nitrogen and oxygen atoms in total. The Labute approximate surface area is 186 Å². The minimum atomic E-state index is -0.651. The molecule has 0 aromatic heterocycles. The van der Waals surface area contributed by atoms with Crippen LogP contribution in [0.2, 0.25) is 0 Å². The Morgan fingerprint density at radius 3 is 2.47 bits per heavy atom. The fourth-order valence-corrected chi connectivity index (χ4v) is 4.44. The van der Waals surface area contributed by atoms with Crippen molar-refractivity contribution in [3.8, 4) is 0 Å². The number of fused-ring (bicyclic) bond motifs is 1. The van der Waals surface area contributed by atoms with Crippen molar-refractivity contribution >= 4 is 23.0 Å². The lowest BCUT2D eigenvalue weighted by Gasteiger charge is -2.35. The second-order valence-corrected chi connectivity index (χ2v) is 9.72. The number of halogens is 1. The van der Waals surface area contributed by atoms with Gasteiger partial charge in [-0.2, -0.15) is 0 Å². The molecule has 0 fully saturated rings. The van der Waals surface area contributed by atoms with E-state index in [-0.39, 0.29) is 40.5 Å². The number of anilines is 3. The monoisotopic (exact) mass is 437 g/mol. The molecule has 3 N–H and O–H groups in total. The minimum Gasteiger partial charge on any atom is -0.373 e. The zero-order valence-electron chi connectivity index (χ0n) is 18.8. The van der Waals surface area contributed by atoms with E-state index in [0.717, 1.165) is 19.3 Å². The normalized spacial score (nSPS) is 17.2. The zero-order valence-corrected chi connectivity index (χ0v) is 18.8. The Balaban J connectivity index is 1.68. The Hall–Kier alpha value is -3.22. The molecule has 168 valence electrons. The van der Waals surface area contributed by atoms with E-state index in [0.29, 0.717) is 5.69 Å². The van der Waals surface area contributed by atoms with Gasteiger partial charge in [-0.15, -0.1) is 0 Å². The molecule has 7 heteroatoms. The second-order valence-electron chi connectivity index (χ2n) is 9.72. The first kappa shape index (κ1) is 22.0. The van der Waals surface area contributed by atoms with E-state index in [9.17, 15) is 18.8 Å². The summed E-state index contributed by atoms with van der Waals surface area (Å²) in [6.45, 7) is 8.46. The molecule has 4 rings (SSSR count). The number of hydrogen-bond acceptors (Lipinski definition) is 5. The van der Waals surface area contributed by atoms with Crippen LogP contribution < -0.4 is 26.8 Å². The number of rotatable bonds is 5. The molecule has 0 bridgehead atoms. The summed E-state index contributed by atoms with van der Waals surface area (Å²) in [5.74, 6) is -0.891. The highest BCUT2D eigenvalue weighted by molar-refractivity contribution is 6.04. The van der Waals surface area contributed by atoms with Gasteiger partial charge >= 0.3 is 0 Å². The number of carbonyl (C=O) groups excluding carboxylic acids is 1. The summed E-state index contributed by atoms with van der Waals surface area (Å²) in [6, 6.07) is 2.52. The molecular weight excluding hydrogens is 409 g/mol. The molecule has 0 radical (unpaired) electrons. The summed E-state index contributed by atoms with van der Waals surface area (Å²) in [6.07, 6.45) is 7.18. The van der Waals surface area contributed by atoms with Gasteiger partial charge in [-0.25, -0.2) is 4.39 Å². The van der Waals surface area contributed by atoms with E-state index in [1.165, 1.54) is 23.3 Å². The van der Waals surface area contributed by atoms with Crippen LogP contribution in [-0.4, -0.2) is 11.9 Å². The number of hydrogen-bond donors (Lipinski definition) is 3. The minimum absolute atomic E-state index is 0.0970. The van der Waals surface area contributed by atoms with Crippen molar-refractivity contribution in [2.75, 3.05) is 10.6 Å². The Morgan fingerprint density at radius 2 is 1.75 bits per heavy atom. The molecule has 0 unspecified atom stereocenters. The van der Waals surface area contributed by atoms with Crippen molar-refractivity contribution in [1.29, 1.82) is 0 Å². The van der Waals surface area contributed by atoms with Crippen molar-refractivity contribution in [3.63, 3.8) is 0 Å². The van der Waals surface area contributed by atoms with Gasteiger partial charge in [0.2, 0.25) is 0 Å². The quantitative estimate of drug-likeness (QED) is 0.608. The summed E-state index contributed by atoms with van der Waals surface area (Å²) >= 11 is 0. The molecule has 0 saturated heterocycles. The first-order valence-electron chi connectivity index (χ1n) is 10.9. The topological polar surface area (TPSA) is 87.3 Å². The molecule has 32 heavy (non-hydrogen) atoms. The van der Waals surface area contributed by atoms with Gasteiger partial charge in [0.1, 0.15) is 17.2 Å². The van der Waals surface area contributed by atoms with E-state index >= 15 is 0 Å². The molecule has 1 heterocycles. The maximum absolute atomic E-state index is 14.1. The average Bonchev–Trinajstić information content (AvgIpc) is 3.00. The zero-order chi connectivity index (χ0) is 23.2. The molecule has 2 aromatic carbocycles. The summed E-state index contributed by atoms with van der Waals surface area (Å²) in [5.41, 5.74) is 2.08. The molecule has 2 aromatic rings. The van der Waals surface area contributed by atoms with E-state index in [2.05, 4.69) is 55.8 Å². The van der Waals surface area contributed by atoms with Crippen molar-refractivity contribution in [2.24, 2.45) is 5.41 Å². The van der Waals surface area contributed by atoms with Gasteiger partial charge in [-0.1, -0.05) is 38.5 Å². The van der Waals surface area contributed by atoms with Gasteiger partial charge in [0.25, 0.3) is 16.8 Å². The number of benzene rings is 1. The lowest BCUT2D eigenvalue weighted by Crippen LogP contribution is -2.43. The Bertz CT molecular complexity index is 1230. The van der Waals surface area contributed by atoms with E-state index in [1.807, 2.05) is 0 Å². The summed E-state index contributed by atoms with van der Waals surface area (Å²) in [4.78, 5) is 37.1. The van der Waals surface area contributed by atoms with Crippen LogP contribution in [0.3, 0.4) is 0 Å². The molecular formula is C25H28FN3O3. The number of nitrogens with one attached hydrogen (secondary N) is 3. The highest BCUT2D eigenvalue weighted by Gasteiger charge is 2.33. The summed E-state index contributed by atoms with van der Waals surface area (Å²) < 4.78 is 14.1. The van der Waals surface area contributed by atoms with Gasteiger partial charge < -0.3 is 16.0 Å². The van der Waals surface area contributed by atoms with Crippen molar-refractivity contribution < 1.29 is 9.18 Å². The summed E-state index contributed by atoms with van der Waals surface area (Å²) in [7, 11) is 0. The molecule has 0 spiro atoms. The molecule has 1 aliphatic carbocycles. The standard InChI is InChI=1S/C25H28FN3O3/c1-13-6-5-7-14(9-8-13)23(25(2,3)4)29-20-19(21(30)22(20)31)28-17-11-10-16(26)15-12-27-24(32)18(15)17/h8-11,23,28-29H,5-7,12H2,1-4H3,(H,27,32)/t23-/m0/s1. The van der Waals surface area contributed by atoms with E-state index in [4.69, 9.17) is 0 Å². The third-order valence-electron chi connectivity index (χ3n) is 6.22. The van der Waals surface area contributed by atoms with Crippen LogP contribution in [0.25, 0.3) is 0 Å². The fraction of sp³-hybridized carbons (Fsp3) is 0.400. The first-order chi connectivity index (χ1) is 15.1. The van der Waals surface area contributed by atoms with Gasteiger partial charge in [0.15, 0.2) is 0 Å². The molecule has 2 aliphatic rings. The molecule has 0 saturated carbocycles. The smallest absolute Gasteiger partial charge is 0.254 e. The fourth-order valence-electron chi connectivity index (χ4n) is 4.44. The third kappa shape index (κ3) is 3.87. The molecule has 1 aliphatic heterocycles. The maximum atomic E-state index is 14.1. The maximum Gasteiger partial charge on any atom is 0.254 e.